The van der Waals surface area contributed by atoms with E-state index in [0.717, 1.165) is 31.9 Å². The van der Waals surface area contributed by atoms with Gasteiger partial charge in [-0.15, -0.1) is 0 Å². The van der Waals surface area contributed by atoms with Gasteiger partial charge in [-0.3, -0.25) is 10.1 Å². The molecule has 0 spiro atoms. The quantitative estimate of drug-likeness (QED) is 0.631. The van der Waals surface area contributed by atoms with Gasteiger partial charge in [0.05, 0.1) is 11.0 Å². The summed E-state index contributed by atoms with van der Waals surface area (Å²) in [6.45, 7) is 0.516. The molecular formula is C14H20N2O5S. The SMILES string of the molecule is CS(=O)(=O)c1cc(NCC2CCCCC2O)ccc1[N+](=O)[O-]. The fraction of sp³-hybridized carbons (Fsp3) is 0.571. The summed E-state index contributed by atoms with van der Waals surface area (Å²) in [6, 6.07) is 3.96. The Labute approximate surface area is 129 Å². The molecular weight excluding hydrogens is 308 g/mol. The van der Waals surface area contributed by atoms with Gasteiger partial charge in [0, 0.05) is 30.5 Å². The first kappa shape index (κ1) is 16.7. The van der Waals surface area contributed by atoms with Crippen LogP contribution < -0.4 is 5.32 Å². The largest absolute Gasteiger partial charge is 0.393 e. The third-order valence-corrected chi connectivity index (χ3v) is 5.12. The highest BCUT2D eigenvalue weighted by atomic mass is 32.2. The highest BCUT2D eigenvalue weighted by molar-refractivity contribution is 7.90. The Morgan fingerprint density at radius 1 is 1.36 bits per heavy atom. The first-order chi connectivity index (χ1) is 10.3. The molecule has 0 bridgehead atoms. The third-order valence-electron chi connectivity index (χ3n) is 3.99. The van der Waals surface area contributed by atoms with Gasteiger partial charge in [-0.1, -0.05) is 12.8 Å². The van der Waals surface area contributed by atoms with Crippen LogP contribution in [-0.2, 0) is 9.84 Å². The van der Waals surface area contributed by atoms with E-state index in [1.165, 1.54) is 18.2 Å². The first-order valence-electron chi connectivity index (χ1n) is 7.19. The molecule has 8 heteroatoms. The fourth-order valence-corrected chi connectivity index (χ4v) is 3.61. The Morgan fingerprint density at radius 2 is 2.05 bits per heavy atom. The highest BCUT2D eigenvalue weighted by Gasteiger charge is 2.24. The van der Waals surface area contributed by atoms with E-state index in [-0.39, 0.29) is 16.9 Å². The summed E-state index contributed by atoms with van der Waals surface area (Å²) in [4.78, 5) is 9.91. The van der Waals surface area contributed by atoms with E-state index in [2.05, 4.69) is 5.32 Å². The van der Waals surface area contributed by atoms with E-state index >= 15 is 0 Å². The van der Waals surface area contributed by atoms with Gasteiger partial charge < -0.3 is 10.4 Å². The molecule has 2 unspecified atom stereocenters. The van der Waals surface area contributed by atoms with Crippen molar-refractivity contribution in [1.29, 1.82) is 0 Å². The number of hydrogen-bond acceptors (Lipinski definition) is 6. The Hall–Kier alpha value is -1.67. The number of nitrogens with one attached hydrogen (secondary N) is 1. The maximum Gasteiger partial charge on any atom is 0.288 e. The van der Waals surface area contributed by atoms with Gasteiger partial charge >= 0.3 is 0 Å². The zero-order chi connectivity index (χ0) is 16.3. The van der Waals surface area contributed by atoms with Crippen molar-refractivity contribution in [2.45, 2.75) is 36.7 Å². The minimum absolute atomic E-state index is 0.116. The van der Waals surface area contributed by atoms with E-state index in [1.807, 2.05) is 0 Å². The molecule has 0 aliphatic heterocycles. The van der Waals surface area contributed by atoms with Crippen molar-refractivity contribution in [2.24, 2.45) is 5.92 Å². The maximum absolute atomic E-state index is 11.7. The van der Waals surface area contributed by atoms with Crippen molar-refractivity contribution in [3.63, 3.8) is 0 Å². The van der Waals surface area contributed by atoms with Crippen LogP contribution in [0.4, 0.5) is 11.4 Å². The zero-order valence-electron chi connectivity index (χ0n) is 12.4. The summed E-state index contributed by atoms with van der Waals surface area (Å²) in [5.41, 5.74) is 0.0783. The smallest absolute Gasteiger partial charge is 0.288 e. The van der Waals surface area contributed by atoms with Crippen molar-refractivity contribution < 1.29 is 18.4 Å². The second-order valence-corrected chi connectivity index (χ2v) is 7.69. The van der Waals surface area contributed by atoms with Crippen molar-refractivity contribution in [3.05, 3.63) is 28.3 Å². The number of aliphatic hydroxyl groups is 1. The number of nitrogens with zero attached hydrogens (tertiary/aromatic N) is 1. The van der Waals surface area contributed by atoms with E-state index in [9.17, 15) is 23.6 Å². The number of aliphatic hydroxyl groups excluding tert-OH is 1. The summed E-state index contributed by atoms with van der Waals surface area (Å²) < 4.78 is 23.4. The van der Waals surface area contributed by atoms with Crippen molar-refractivity contribution in [2.75, 3.05) is 18.1 Å². The lowest BCUT2D eigenvalue weighted by molar-refractivity contribution is -0.387. The molecule has 0 radical (unpaired) electrons. The van der Waals surface area contributed by atoms with E-state index in [0.29, 0.717) is 12.2 Å². The minimum Gasteiger partial charge on any atom is -0.393 e. The molecule has 1 aromatic carbocycles. The summed E-state index contributed by atoms with van der Waals surface area (Å²) >= 11 is 0. The Morgan fingerprint density at radius 3 is 2.64 bits per heavy atom. The average Bonchev–Trinajstić information content (AvgIpc) is 2.45. The summed E-state index contributed by atoms with van der Waals surface area (Å²) in [6.07, 6.45) is 4.38. The summed E-state index contributed by atoms with van der Waals surface area (Å²) in [7, 11) is -3.69. The average molecular weight is 328 g/mol. The molecule has 1 aromatic rings. The van der Waals surface area contributed by atoms with Crippen LogP contribution in [0.2, 0.25) is 0 Å². The van der Waals surface area contributed by atoms with Gasteiger partial charge in [0.1, 0.15) is 4.90 Å². The lowest BCUT2D eigenvalue weighted by Crippen LogP contribution is -2.30. The molecule has 1 fully saturated rings. The Kier molecular flexibility index (Phi) is 5.02. The summed E-state index contributed by atoms with van der Waals surface area (Å²) in [5.74, 6) is 0.116. The van der Waals surface area contributed by atoms with Crippen LogP contribution >= 0.6 is 0 Å². The molecule has 2 atom stereocenters. The summed E-state index contributed by atoms with van der Waals surface area (Å²) in [5, 5.41) is 23.9. The number of nitro groups is 1. The number of hydrogen-bond donors (Lipinski definition) is 2. The molecule has 0 amide bonds. The van der Waals surface area contributed by atoms with Crippen LogP contribution in [0.3, 0.4) is 0 Å². The van der Waals surface area contributed by atoms with Crippen molar-refractivity contribution >= 4 is 21.2 Å². The normalized spacial score (nSPS) is 22.3. The molecule has 122 valence electrons. The molecule has 1 saturated carbocycles. The molecule has 2 N–H and O–H groups in total. The van der Waals surface area contributed by atoms with Gasteiger partial charge in [-0.05, 0) is 25.0 Å². The molecule has 2 rings (SSSR count). The van der Waals surface area contributed by atoms with Crippen molar-refractivity contribution in [1.82, 2.24) is 0 Å². The lowest BCUT2D eigenvalue weighted by atomic mass is 9.86. The molecule has 0 saturated heterocycles. The van der Waals surface area contributed by atoms with Crippen LogP contribution in [0.15, 0.2) is 23.1 Å². The van der Waals surface area contributed by atoms with Gasteiger partial charge in [0.15, 0.2) is 9.84 Å². The van der Waals surface area contributed by atoms with Crippen LogP contribution in [0.5, 0.6) is 0 Å². The molecule has 7 nitrogen and oxygen atoms in total. The van der Waals surface area contributed by atoms with Gasteiger partial charge in [0.2, 0.25) is 0 Å². The predicted molar refractivity (Wildman–Crippen MR) is 82.7 cm³/mol. The number of sulfone groups is 1. The number of rotatable bonds is 5. The Bertz CT molecular complexity index is 659. The molecule has 0 heterocycles. The third kappa shape index (κ3) is 3.95. The fourth-order valence-electron chi connectivity index (χ4n) is 2.75. The second-order valence-electron chi connectivity index (χ2n) is 5.70. The maximum atomic E-state index is 11.7. The van der Waals surface area contributed by atoms with Gasteiger partial charge in [-0.25, -0.2) is 8.42 Å². The highest BCUT2D eigenvalue weighted by Crippen LogP contribution is 2.28. The monoisotopic (exact) mass is 328 g/mol. The molecule has 1 aliphatic carbocycles. The number of benzene rings is 1. The van der Waals surface area contributed by atoms with Crippen LogP contribution in [-0.4, -0.2) is 37.4 Å². The van der Waals surface area contributed by atoms with Gasteiger partial charge in [0.25, 0.3) is 5.69 Å². The van der Waals surface area contributed by atoms with Crippen LogP contribution in [0, 0.1) is 16.0 Å². The number of anilines is 1. The first-order valence-corrected chi connectivity index (χ1v) is 9.08. The van der Waals surface area contributed by atoms with E-state index < -0.39 is 20.4 Å². The molecule has 1 aliphatic rings. The Balaban J connectivity index is 2.17. The number of nitro benzene ring substituents is 1. The van der Waals surface area contributed by atoms with Gasteiger partial charge in [-0.2, -0.15) is 0 Å². The van der Waals surface area contributed by atoms with Crippen LogP contribution in [0.25, 0.3) is 0 Å². The zero-order valence-corrected chi connectivity index (χ0v) is 13.2. The van der Waals surface area contributed by atoms with Crippen molar-refractivity contribution in [3.8, 4) is 0 Å². The molecule has 0 aromatic heterocycles. The van der Waals surface area contributed by atoms with Crippen LogP contribution in [0.1, 0.15) is 25.7 Å². The second kappa shape index (κ2) is 6.62. The van der Waals surface area contributed by atoms with E-state index in [4.69, 9.17) is 0 Å². The minimum atomic E-state index is -3.69. The standard InChI is InChI=1S/C14H20N2O5S/c1-22(20,21)14-8-11(6-7-12(14)16(18)19)15-9-10-4-2-3-5-13(10)17/h6-8,10,13,15,17H,2-5,9H2,1H3. The van der Waals surface area contributed by atoms with E-state index in [1.54, 1.807) is 0 Å². The lowest BCUT2D eigenvalue weighted by Gasteiger charge is -2.28. The topological polar surface area (TPSA) is 110 Å². The predicted octanol–water partition coefficient (Wildman–Crippen LogP) is 1.96. The molecule has 22 heavy (non-hydrogen) atoms.